The smallest absolute Gasteiger partial charge is 0.247 e. The third kappa shape index (κ3) is 6.97. The van der Waals surface area contributed by atoms with Crippen LogP contribution in [-0.4, -0.2) is 61.7 Å². The van der Waals surface area contributed by atoms with Gasteiger partial charge >= 0.3 is 0 Å². The number of benzene rings is 2. The van der Waals surface area contributed by atoms with E-state index in [1.165, 1.54) is 34.0 Å². The fourth-order valence-corrected chi connectivity index (χ4v) is 4.26. The van der Waals surface area contributed by atoms with E-state index in [2.05, 4.69) is 20.7 Å². The minimum Gasteiger partial charge on any atom is -0.376 e. The predicted molar refractivity (Wildman–Crippen MR) is 136 cm³/mol. The van der Waals surface area contributed by atoms with Gasteiger partial charge in [0.2, 0.25) is 17.6 Å². The molecular weight excluding hydrogens is 475 g/mol. The van der Waals surface area contributed by atoms with Gasteiger partial charge in [0.05, 0.1) is 6.10 Å². The van der Waals surface area contributed by atoms with E-state index in [4.69, 9.17) is 4.74 Å². The highest BCUT2D eigenvalue weighted by Gasteiger charge is 2.36. The maximum atomic E-state index is 13.7. The van der Waals surface area contributed by atoms with Crippen LogP contribution < -0.4 is 5.32 Å². The Hall–Kier alpha value is -3.66. The van der Waals surface area contributed by atoms with Crippen molar-refractivity contribution in [2.45, 2.75) is 64.8 Å². The second kappa shape index (κ2) is 11.2. The molecular formula is C27H33FN6O3. The molecule has 0 aliphatic carbocycles. The van der Waals surface area contributed by atoms with E-state index in [-0.39, 0.29) is 31.0 Å². The van der Waals surface area contributed by atoms with E-state index in [1.807, 2.05) is 52.0 Å². The van der Waals surface area contributed by atoms with Crippen molar-refractivity contribution in [2.75, 3.05) is 13.2 Å². The first-order valence-electron chi connectivity index (χ1n) is 12.4. The van der Waals surface area contributed by atoms with Crippen LogP contribution in [0.15, 0.2) is 48.5 Å². The van der Waals surface area contributed by atoms with Gasteiger partial charge in [0.25, 0.3) is 0 Å². The molecule has 1 fully saturated rings. The Bertz CT molecular complexity index is 1210. The number of halogens is 1. The second-order valence-corrected chi connectivity index (χ2v) is 10.4. The van der Waals surface area contributed by atoms with Gasteiger partial charge < -0.3 is 15.0 Å². The molecule has 9 nitrogen and oxygen atoms in total. The first-order valence-corrected chi connectivity index (χ1v) is 12.4. The lowest BCUT2D eigenvalue weighted by atomic mass is 10.0. The summed E-state index contributed by atoms with van der Waals surface area (Å²) in [6, 6.07) is 12.3. The molecule has 2 amide bonds. The molecule has 0 radical (unpaired) electrons. The maximum absolute atomic E-state index is 13.7. The van der Waals surface area contributed by atoms with Gasteiger partial charge in [-0.05, 0) is 63.4 Å². The van der Waals surface area contributed by atoms with Crippen molar-refractivity contribution >= 4 is 11.8 Å². The summed E-state index contributed by atoms with van der Waals surface area (Å²) in [4.78, 5) is 30.0. The molecule has 1 saturated heterocycles. The number of ether oxygens (including phenoxy) is 1. The molecule has 0 saturated carbocycles. The van der Waals surface area contributed by atoms with Crippen LogP contribution in [-0.2, 0) is 20.9 Å². The number of hydrogen-bond acceptors (Lipinski definition) is 6. The van der Waals surface area contributed by atoms with Crippen molar-refractivity contribution < 1.29 is 18.7 Å². The summed E-state index contributed by atoms with van der Waals surface area (Å²) < 4.78 is 19.5. The number of nitrogens with one attached hydrogen (secondary N) is 1. The average molecular weight is 509 g/mol. The molecule has 10 heteroatoms. The highest BCUT2D eigenvalue weighted by molar-refractivity contribution is 5.89. The SMILES string of the molecule is Cc1ccc(-c2nnn(CC(=O)N(C[C@H]3CCCO3)[C@H](C(=O)NC(C)(C)C)c3ccc(F)cc3)n2)cc1. The van der Waals surface area contributed by atoms with E-state index < -0.39 is 17.4 Å². The largest absolute Gasteiger partial charge is 0.376 e. The highest BCUT2D eigenvalue weighted by atomic mass is 19.1. The van der Waals surface area contributed by atoms with Crippen LogP contribution >= 0.6 is 0 Å². The molecule has 2 heterocycles. The van der Waals surface area contributed by atoms with Gasteiger partial charge in [0.15, 0.2) is 0 Å². The van der Waals surface area contributed by atoms with Crippen molar-refractivity contribution in [3.05, 3.63) is 65.5 Å². The van der Waals surface area contributed by atoms with E-state index >= 15 is 0 Å². The Morgan fingerprint density at radius 3 is 2.49 bits per heavy atom. The first-order chi connectivity index (χ1) is 17.6. The minimum absolute atomic E-state index is 0.206. The van der Waals surface area contributed by atoms with E-state index in [9.17, 15) is 14.0 Å². The van der Waals surface area contributed by atoms with Gasteiger partial charge in [-0.3, -0.25) is 9.59 Å². The standard InChI is InChI=1S/C27H33FN6O3/c1-18-7-9-20(10-8-18)25-30-32-34(31-25)17-23(35)33(16-22-6-5-15-37-22)24(26(36)29-27(2,3)4)19-11-13-21(28)14-12-19/h7-14,22,24H,5-6,15-17H2,1-4H3,(H,29,36)/t22-,24+/m1/s1. The summed E-state index contributed by atoms with van der Waals surface area (Å²) >= 11 is 0. The van der Waals surface area contributed by atoms with Crippen LogP contribution in [0.1, 0.15) is 50.8 Å². The predicted octanol–water partition coefficient (Wildman–Crippen LogP) is 3.45. The van der Waals surface area contributed by atoms with Crippen LogP contribution in [0.3, 0.4) is 0 Å². The highest BCUT2D eigenvalue weighted by Crippen LogP contribution is 2.26. The quantitative estimate of drug-likeness (QED) is 0.500. The molecule has 1 aromatic heterocycles. The van der Waals surface area contributed by atoms with Gasteiger partial charge in [-0.25, -0.2) is 4.39 Å². The molecule has 4 rings (SSSR count). The fourth-order valence-electron chi connectivity index (χ4n) is 4.26. The number of aryl methyl sites for hydroxylation is 1. The minimum atomic E-state index is -0.989. The van der Waals surface area contributed by atoms with Crippen LogP contribution in [0.4, 0.5) is 4.39 Å². The van der Waals surface area contributed by atoms with Crippen LogP contribution in [0.5, 0.6) is 0 Å². The Morgan fingerprint density at radius 1 is 1.16 bits per heavy atom. The summed E-state index contributed by atoms with van der Waals surface area (Å²) in [5.41, 5.74) is 1.86. The van der Waals surface area contributed by atoms with Crippen molar-refractivity contribution in [2.24, 2.45) is 0 Å². The Kier molecular flexibility index (Phi) is 7.97. The third-order valence-corrected chi connectivity index (χ3v) is 6.03. The van der Waals surface area contributed by atoms with Gasteiger partial charge in [0.1, 0.15) is 18.4 Å². The summed E-state index contributed by atoms with van der Waals surface area (Å²) in [5, 5.41) is 15.5. The number of carbonyl (C=O) groups is 2. The number of amides is 2. The first kappa shape index (κ1) is 26.4. The van der Waals surface area contributed by atoms with Crippen molar-refractivity contribution in [1.29, 1.82) is 0 Å². The average Bonchev–Trinajstić information content (AvgIpc) is 3.51. The number of carbonyl (C=O) groups excluding carboxylic acids is 2. The molecule has 0 bridgehead atoms. The zero-order chi connectivity index (χ0) is 26.6. The number of hydrogen-bond donors (Lipinski definition) is 1. The number of tetrazole rings is 1. The van der Waals surface area contributed by atoms with Crippen LogP contribution in [0.2, 0.25) is 0 Å². The molecule has 3 aromatic rings. The van der Waals surface area contributed by atoms with E-state index in [0.29, 0.717) is 18.0 Å². The molecule has 2 aromatic carbocycles. The number of rotatable bonds is 8. The van der Waals surface area contributed by atoms with Crippen molar-refractivity contribution in [3.63, 3.8) is 0 Å². The van der Waals surface area contributed by atoms with Crippen molar-refractivity contribution in [3.8, 4) is 11.4 Å². The lowest BCUT2D eigenvalue weighted by molar-refractivity contribution is -0.144. The summed E-state index contributed by atoms with van der Waals surface area (Å²) in [6.07, 6.45) is 1.45. The van der Waals surface area contributed by atoms with Gasteiger partial charge in [-0.1, -0.05) is 42.0 Å². The van der Waals surface area contributed by atoms with E-state index in [1.54, 1.807) is 0 Å². The fraction of sp³-hybridized carbons (Fsp3) is 0.444. The lowest BCUT2D eigenvalue weighted by Crippen LogP contribution is -2.51. The summed E-state index contributed by atoms with van der Waals surface area (Å²) in [5.74, 6) is -0.760. The monoisotopic (exact) mass is 508 g/mol. The van der Waals surface area contributed by atoms with Gasteiger partial charge in [0, 0.05) is 24.3 Å². The van der Waals surface area contributed by atoms with Gasteiger partial charge in [-0.2, -0.15) is 4.80 Å². The zero-order valence-electron chi connectivity index (χ0n) is 21.6. The molecule has 0 spiro atoms. The second-order valence-electron chi connectivity index (χ2n) is 10.4. The molecule has 196 valence electrons. The topological polar surface area (TPSA) is 102 Å². The normalized spacial score (nSPS) is 16.4. The Balaban J connectivity index is 1.64. The molecule has 0 unspecified atom stereocenters. The maximum Gasteiger partial charge on any atom is 0.247 e. The van der Waals surface area contributed by atoms with E-state index in [0.717, 1.165) is 24.0 Å². The number of aromatic nitrogens is 4. The molecule has 1 N–H and O–H groups in total. The lowest BCUT2D eigenvalue weighted by Gasteiger charge is -2.34. The van der Waals surface area contributed by atoms with Crippen LogP contribution in [0.25, 0.3) is 11.4 Å². The zero-order valence-corrected chi connectivity index (χ0v) is 21.6. The Labute approximate surface area is 216 Å². The van der Waals surface area contributed by atoms with Crippen molar-refractivity contribution in [1.82, 2.24) is 30.4 Å². The van der Waals surface area contributed by atoms with Crippen LogP contribution in [0, 0.1) is 12.7 Å². The molecule has 2 atom stereocenters. The summed E-state index contributed by atoms with van der Waals surface area (Å²) in [7, 11) is 0. The molecule has 1 aliphatic heterocycles. The number of nitrogens with zero attached hydrogens (tertiary/aromatic N) is 5. The molecule has 1 aliphatic rings. The molecule has 37 heavy (non-hydrogen) atoms. The summed E-state index contributed by atoms with van der Waals surface area (Å²) in [6.45, 7) is 8.18. The van der Waals surface area contributed by atoms with Gasteiger partial charge in [-0.15, -0.1) is 10.2 Å². The third-order valence-electron chi connectivity index (χ3n) is 6.03. The Morgan fingerprint density at radius 2 is 1.86 bits per heavy atom.